The van der Waals surface area contributed by atoms with Gasteiger partial charge in [0.1, 0.15) is 0 Å². The average molecular weight is 409 g/mol. The second kappa shape index (κ2) is 8.90. The highest BCUT2D eigenvalue weighted by Crippen LogP contribution is 2.22. The van der Waals surface area contributed by atoms with E-state index >= 15 is 0 Å². The number of carbonyl (C=O) groups is 1. The zero-order valence-electron chi connectivity index (χ0n) is 18.3. The van der Waals surface area contributed by atoms with Gasteiger partial charge in [-0.05, 0) is 68.0 Å². The molecule has 0 radical (unpaired) electrons. The van der Waals surface area contributed by atoms with Gasteiger partial charge in [0.15, 0.2) is 11.6 Å². The first-order chi connectivity index (χ1) is 14.5. The minimum Gasteiger partial charge on any atom is -0.355 e. The monoisotopic (exact) mass is 408 g/mol. The van der Waals surface area contributed by atoms with Crippen LogP contribution in [0, 0.1) is 19.8 Å². The van der Waals surface area contributed by atoms with Crippen molar-refractivity contribution in [3.63, 3.8) is 0 Å². The fourth-order valence-corrected chi connectivity index (χ4v) is 4.05. The Balaban J connectivity index is 1.29. The van der Waals surface area contributed by atoms with Crippen LogP contribution < -0.4 is 15.1 Å². The number of nitrogens with one attached hydrogen (secondary N) is 1. The van der Waals surface area contributed by atoms with E-state index in [2.05, 4.69) is 58.2 Å². The molecule has 2 aliphatic heterocycles. The van der Waals surface area contributed by atoms with Gasteiger partial charge < -0.3 is 20.0 Å². The lowest BCUT2D eigenvalue weighted by molar-refractivity contribution is 0.208. The SMILES string of the molecule is Cc1ccc(NC(=O)N2CCN(c3ccc(N4CCC(C)CC4)nn3)CC2)cc1C. The van der Waals surface area contributed by atoms with Crippen molar-refractivity contribution in [3.8, 4) is 0 Å². The number of benzene rings is 1. The number of piperidine rings is 1. The molecule has 7 nitrogen and oxygen atoms in total. The first kappa shape index (κ1) is 20.4. The van der Waals surface area contributed by atoms with E-state index in [4.69, 9.17) is 0 Å². The third-order valence-electron chi connectivity index (χ3n) is 6.39. The van der Waals surface area contributed by atoms with Crippen LogP contribution in [0.25, 0.3) is 0 Å². The molecule has 0 atom stereocenters. The maximum absolute atomic E-state index is 12.6. The van der Waals surface area contributed by atoms with Crippen LogP contribution in [-0.2, 0) is 0 Å². The Morgan fingerprint density at radius 2 is 1.47 bits per heavy atom. The molecule has 0 bridgehead atoms. The van der Waals surface area contributed by atoms with Crippen LogP contribution in [0.3, 0.4) is 0 Å². The summed E-state index contributed by atoms with van der Waals surface area (Å²) in [5.41, 5.74) is 3.25. The number of carbonyl (C=O) groups excluding carboxylic acids is 1. The van der Waals surface area contributed by atoms with Crippen molar-refractivity contribution in [2.24, 2.45) is 5.92 Å². The molecule has 7 heteroatoms. The van der Waals surface area contributed by atoms with Crippen molar-refractivity contribution < 1.29 is 4.79 Å². The number of nitrogens with zero attached hydrogens (tertiary/aromatic N) is 5. The minimum absolute atomic E-state index is 0.0429. The maximum atomic E-state index is 12.6. The van der Waals surface area contributed by atoms with Crippen LogP contribution in [0.2, 0.25) is 0 Å². The molecule has 2 saturated heterocycles. The number of rotatable bonds is 3. The summed E-state index contributed by atoms with van der Waals surface area (Å²) in [5, 5.41) is 12.0. The average Bonchev–Trinajstić information content (AvgIpc) is 2.77. The molecule has 160 valence electrons. The van der Waals surface area contributed by atoms with Crippen LogP contribution in [-0.4, -0.2) is 60.4 Å². The van der Waals surface area contributed by atoms with Crippen molar-refractivity contribution in [2.45, 2.75) is 33.6 Å². The number of urea groups is 1. The molecule has 0 saturated carbocycles. The molecular weight excluding hydrogens is 376 g/mol. The van der Waals surface area contributed by atoms with Gasteiger partial charge in [-0.1, -0.05) is 13.0 Å². The van der Waals surface area contributed by atoms with Gasteiger partial charge in [0.05, 0.1) is 0 Å². The molecule has 2 amide bonds. The van der Waals surface area contributed by atoms with Gasteiger partial charge in [-0.15, -0.1) is 10.2 Å². The van der Waals surface area contributed by atoms with Gasteiger partial charge in [-0.25, -0.2) is 4.79 Å². The molecule has 2 aromatic rings. The van der Waals surface area contributed by atoms with Crippen molar-refractivity contribution in [2.75, 3.05) is 54.4 Å². The lowest BCUT2D eigenvalue weighted by Crippen LogP contribution is -2.50. The maximum Gasteiger partial charge on any atom is 0.321 e. The molecule has 0 spiro atoms. The minimum atomic E-state index is -0.0429. The summed E-state index contributed by atoms with van der Waals surface area (Å²) in [7, 11) is 0. The van der Waals surface area contributed by atoms with Gasteiger partial charge >= 0.3 is 6.03 Å². The summed E-state index contributed by atoms with van der Waals surface area (Å²) in [6.07, 6.45) is 2.44. The van der Waals surface area contributed by atoms with E-state index in [9.17, 15) is 4.79 Å². The molecule has 4 rings (SSSR count). The summed E-state index contributed by atoms with van der Waals surface area (Å²) < 4.78 is 0. The first-order valence-electron chi connectivity index (χ1n) is 11.0. The largest absolute Gasteiger partial charge is 0.355 e. The van der Waals surface area contributed by atoms with Crippen LogP contribution in [0.5, 0.6) is 0 Å². The topological polar surface area (TPSA) is 64.6 Å². The molecule has 30 heavy (non-hydrogen) atoms. The van der Waals surface area contributed by atoms with Gasteiger partial charge in [-0.3, -0.25) is 0 Å². The fourth-order valence-electron chi connectivity index (χ4n) is 4.05. The van der Waals surface area contributed by atoms with Crippen molar-refractivity contribution in [3.05, 3.63) is 41.5 Å². The lowest BCUT2D eigenvalue weighted by atomic mass is 9.99. The quantitative estimate of drug-likeness (QED) is 0.839. The Morgan fingerprint density at radius 1 is 0.867 bits per heavy atom. The number of aryl methyl sites for hydroxylation is 2. The molecule has 1 N–H and O–H groups in total. The van der Waals surface area contributed by atoms with Crippen LogP contribution in [0.4, 0.5) is 22.1 Å². The molecule has 1 aromatic carbocycles. The summed E-state index contributed by atoms with van der Waals surface area (Å²) >= 11 is 0. The molecular formula is C23H32N6O. The smallest absolute Gasteiger partial charge is 0.321 e. The first-order valence-corrected chi connectivity index (χ1v) is 11.0. The zero-order valence-corrected chi connectivity index (χ0v) is 18.3. The predicted molar refractivity (Wildman–Crippen MR) is 121 cm³/mol. The molecule has 2 fully saturated rings. The Bertz CT molecular complexity index is 868. The van der Waals surface area contributed by atoms with E-state index in [1.54, 1.807) is 0 Å². The molecule has 3 heterocycles. The second-order valence-electron chi connectivity index (χ2n) is 8.62. The highest BCUT2D eigenvalue weighted by atomic mass is 16.2. The van der Waals surface area contributed by atoms with Crippen LogP contribution >= 0.6 is 0 Å². The Kier molecular flexibility index (Phi) is 6.06. The second-order valence-corrected chi connectivity index (χ2v) is 8.62. The van der Waals surface area contributed by atoms with E-state index in [1.165, 1.54) is 24.0 Å². The van der Waals surface area contributed by atoms with Crippen molar-refractivity contribution in [1.29, 1.82) is 0 Å². The Morgan fingerprint density at radius 3 is 2.03 bits per heavy atom. The summed E-state index contributed by atoms with van der Waals surface area (Å²) in [4.78, 5) is 19.0. The Hall–Kier alpha value is -2.83. The number of anilines is 3. The third kappa shape index (κ3) is 4.66. The van der Waals surface area contributed by atoms with Crippen LogP contribution in [0.1, 0.15) is 30.9 Å². The zero-order chi connectivity index (χ0) is 21.1. The van der Waals surface area contributed by atoms with Crippen LogP contribution in [0.15, 0.2) is 30.3 Å². The van der Waals surface area contributed by atoms with Gasteiger partial charge in [-0.2, -0.15) is 0 Å². The Labute approximate surface area is 179 Å². The number of piperazine rings is 1. The fraction of sp³-hybridized carbons (Fsp3) is 0.522. The van der Waals surface area contributed by atoms with E-state index < -0.39 is 0 Å². The van der Waals surface area contributed by atoms with Crippen molar-refractivity contribution >= 4 is 23.4 Å². The van der Waals surface area contributed by atoms with E-state index in [-0.39, 0.29) is 6.03 Å². The molecule has 0 aliphatic carbocycles. The number of amides is 2. The standard InChI is InChI=1S/C23H32N6O/c1-17-8-10-27(11-9-17)21-6-7-22(26-25-21)28-12-14-29(15-13-28)23(30)24-20-5-4-18(2)19(3)16-20/h4-7,16-17H,8-15H2,1-3H3,(H,24,30). The highest BCUT2D eigenvalue weighted by Gasteiger charge is 2.23. The normalized spacial score (nSPS) is 17.9. The van der Waals surface area contributed by atoms with E-state index in [0.29, 0.717) is 13.1 Å². The molecule has 0 unspecified atom stereocenters. The summed E-state index contributed by atoms with van der Waals surface area (Å²) in [6, 6.07) is 10.1. The lowest BCUT2D eigenvalue weighted by Gasteiger charge is -2.35. The summed E-state index contributed by atoms with van der Waals surface area (Å²) in [5.74, 6) is 2.66. The molecule has 1 aromatic heterocycles. The van der Waals surface area contributed by atoms with E-state index in [1.807, 2.05) is 23.1 Å². The van der Waals surface area contributed by atoms with E-state index in [0.717, 1.165) is 49.4 Å². The van der Waals surface area contributed by atoms with Crippen molar-refractivity contribution in [1.82, 2.24) is 15.1 Å². The van der Waals surface area contributed by atoms with Gasteiger partial charge in [0, 0.05) is 45.0 Å². The number of hydrogen-bond acceptors (Lipinski definition) is 5. The van der Waals surface area contributed by atoms with Gasteiger partial charge in [0.25, 0.3) is 0 Å². The highest BCUT2D eigenvalue weighted by molar-refractivity contribution is 5.89. The third-order valence-corrected chi connectivity index (χ3v) is 6.39. The predicted octanol–water partition coefficient (Wildman–Crippen LogP) is 3.68. The number of hydrogen-bond donors (Lipinski definition) is 1. The number of aromatic nitrogens is 2. The van der Waals surface area contributed by atoms with Gasteiger partial charge in [0.2, 0.25) is 0 Å². The summed E-state index contributed by atoms with van der Waals surface area (Å²) in [6.45, 7) is 11.4. The molecule has 2 aliphatic rings.